The molecule has 0 aliphatic heterocycles. The topological polar surface area (TPSA) is 79.2 Å². The van der Waals surface area contributed by atoms with Gasteiger partial charge in [-0.15, -0.1) is 0 Å². The average Bonchev–Trinajstić information content (AvgIpc) is 2.80. The van der Waals surface area contributed by atoms with Crippen LogP contribution in [0.5, 0.6) is 0 Å². The van der Waals surface area contributed by atoms with Crippen LogP contribution in [-0.4, -0.2) is 40.6 Å². The first-order valence-electron chi connectivity index (χ1n) is 8.95. The fourth-order valence-corrected chi connectivity index (χ4v) is 2.94. The summed E-state index contributed by atoms with van der Waals surface area (Å²) in [4.78, 5) is 12.0. The number of carbonyl (C=O) groups is 1. The molecule has 1 aromatic heterocycles. The van der Waals surface area contributed by atoms with E-state index in [4.69, 9.17) is 5.11 Å². The second-order valence-electron chi connectivity index (χ2n) is 7.31. The van der Waals surface area contributed by atoms with Crippen molar-refractivity contribution in [1.82, 2.24) is 20.4 Å². The molecule has 6 nitrogen and oxygen atoms in total. The fraction of sp³-hybridized carbons (Fsp3) is 0.778. The first-order chi connectivity index (χ1) is 11.3. The van der Waals surface area contributed by atoms with Gasteiger partial charge in [-0.3, -0.25) is 4.68 Å². The Labute approximate surface area is 146 Å². The normalized spacial score (nSPS) is 13.8. The number of hydrogen-bond acceptors (Lipinski definition) is 3. The summed E-state index contributed by atoms with van der Waals surface area (Å²) >= 11 is 0. The molecule has 0 unspecified atom stereocenters. The van der Waals surface area contributed by atoms with Crippen LogP contribution in [0, 0.1) is 31.6 Å². The van der Waals surface area contributed by atoms with Gasteiger partial charge in [0.15, 0.2) is 0 Å². The van der Waals surface area contributed by atoms with E-state index in [0.717, 1.165) is 30.8 Å². The SMILES string of the molecule is Cc1cc(C)n(C[C@H](C)CNC(=O)NC[C@@H](CCO)CC(C)C)n1. The number of carbonyl (C=O) groups excluding carboxylic acids is 1. The van der Waals surface area contributed by atoms with Crippen molar-refractivity contribution in [3.63, 3.8) is 0 Å². The van der Waals surface area contributed by atoms with Gasteiger partial charge in [-0.25, -0.2) is 4.79 Å². The predicted octanol–water partition coefficient (Wildman–Crippen LogP) is 2.48. The zero-order chi connectivity index (χ0) is 18.1. The van der Waals surface area contributed by atoms with Crippen molar-refractivity contribution >= 4 is 6.03 Å². The number of nitrogens with one attached hydrogen (secondary N) is 2. The lowest BCUT2D eigenvalue weighted by atomic mass is 9.94. The number of rotatable bonds is 10. The maximum absolute atomic E-state index is 12.0. The molecule has 1 heterocycles. The van der Waals surface area contributed by atoms with E-state index in [1.54, 1.807) is 0 Å². The van der Waals surface area contributed by atoms with Crippen LogP contribution in [0.2, 0.25) is 0 Å². The molecule has 3 N–H and O–H groups in total. The smallest absolute Gasteiger partial charge is 0.314 e. The molecule has 1 aromatic rings. The molecule has 1 rings (SSSR count). The average molecular weight is 338 g/mol. The Balaban J connectivity index is 2.30. The van der Waals surface area contributed by atoms with Gasteiger partial charge in [0.1, 0.15) is 0 Å². The molecule has 0 saturated heterocycles. The lowest BCUT2D eigenvalue weighted by molar-refractivity contribution is 0.223. The molecule has 0 bridgehead atoms. The van der Waals surface area contributed by atoms with E-state index in [0.29, 0.717) is 30.8 Å². The van der Waals surface area contributed by atoms with E-state index < -0.39 is 0 Å². The minimum Gasteiger partial charge on any atom is -0.396 e. The molecule has 0 spiro atoms. The molecule has 2 amide bonds. The highest BCUT2D eigenvalue weighted by Gasteiger charge is 2.13. The van der Waals surface area contributed by atoms with Crippen molar-refractivity contribution in [3.05, 3.63) is 17.5 Å². The van der Waals surface area contributed by atoms with Gasteiger partial charge < -0.3 is 15.7 Å². The van der Waals surface area contributed by atoms with Gasteiger partial charge >= 0.3 is 6.03 Å². The molecule has 0 aliphatic carbocycles. The quantitative estimate of drug-likeness (QED) is 0.613. The second kappa shape index (κ2) is 10.3. The largest absolute Gasteiger partial charge is 0.396 e. The second-order valence-corrected chi connectivity index (χ2v) is 7.31. The minimum absolute atomic E-state index is 0.137. The molecular formula is C18H34N4O2. The molecule has 6 heteroatoms. The van der Waals surface area contributed by atoms with Gasteiger partial charge in [0.05, 0.1) is 5.69 Å². The van der Waals surface area contributed by atoms with E-state index >= 15 is 0 Å². The van der Waals surface area contributed by atoms with Gasteiger partial charge in [-0.05, 0) is 50.5 Å². The number of urea groups is 1. The van der Waals surface area contributed by atoms with E-state index in [-0.39, 0.29) is 12.6 Å². The van der Waals surface area contributed by atoms with Gasteiger partial charge in [-0.1, -0.05) is 20.8 Å². The van der Waals surface area contributed by atoms with E-state index in [9.17, 15) is 4.79 Å². The monoisotopic (exact) mass is 338 g/mol. The Morgan fingerprint density at radius 3 is 2.46 bits per heavy atom. The van der Waals surface area contributed by atoms with Crippen LogP contribution in [0.25, 0.3) is 0 Å². The van der Waals surface area contributed by atoms with Crippen LogP contribution >= 0.6 is 0 Å². The molecule has 138 valence electrons. The summed E-state index contributed by atoms with van der Waals surface area (Å²) in [5.41, 5.74) is 2.16. The van der Waals surface area contributed by atoms with Crippen LogP contribution in [0.4, 0.5) is 4.79 Å². The number of amides is 2. The molecule has 0 aliphatic rings. The van der Waals surface area contributed by atoms with Crippen molar-refractivity contribution in [2.45, 2.75) is 54.0 Å². The van der Waals surface area contributed by atoms with E-state index in [1.807, 2.05) is 18.5 Å². The Hall–Kier alpha value is -1.56. The zero-order valence-electron chi connectivity index (χ0n) is 15.8. The lowest BCUT2D eigenvalue weighted by Gasteiger charge is -2.19. The molecule has 0 radical (unpaired) electrons. The Morgan fingerprint density at radius 1 is 1.25 bits per heavy atom. The van der Waals surface area contributed by atoms with Crippen LogP contribution in [0.15, 0.2) is 6.07 Å². The predicted molar refractivity (Wildman–Crippen MR) is 96.9 cm³/mol. The minimum atomic E-state index is -0.137. The zero-order valence-corrected chi connectivity index (χ0v) is 15.8. The number of aromatic nitrogens is 2. The third-order valence-corrected chi connectivity index (χ3v) is 4.09. The first-order valence-corrected chi connectivity index (χ1v) is 8.95. The van der Waals surface area contributed by atoms with Crippen LogP contribution < -0.4 is 10.6 Å². The van der Waals surface area contributed by atoms with Crippen LogP contribution in [0.1, 0.15) is 45.0 Å². The van der Waals surface area contributed by atoms with Crippen molar-refractivity contribution < 1.29 is 9.90 Å². The highest BCUT2D eigenvalue weighted by atomic mass is 16.3. The van der Waals surface area contributed by atoms with Crippen molar-refractivity contribution in [1.29, 1.82) is 0 Å². The number of hydrogen-bond donors (Lipinski definition) is 3. The summed E-state index contributed by atoms with van der Waals surface area (Å²) in [5.74, 6) is 1.19. The summed E-state index contributed by atoms with van der Waals surface area (Å²) in [6.07, 6.45) is 1.74. The lowest BCUT2D eigenvalue weighted by Crippen LogP contribution is -2.41. The van der Waals surface area contributed by atoms with Crippen molar-refractivity contribution in [3.8, 4) is 0 Å². The molecule has 0 aromatic carbocycles. The third kappa shape index (κ3) is 7.81. The Morgan fingerprint density at radius 2 is 1.92 bits per heavy atom. The molecule has 0 saturated carbocycles. The molecule has 2 atom stereocenters. The number of aliphatic hydroxyl groups excluding tert-OH is 1. The third-order valence-electron chi connectivity index (χ3n) is 4.09. The first kappa shape index (κ1) is 20.5. The Kier molecular flexibility index (Phi) is 8.82. The maximum Gasteiger partial charge on any atom is 0.314 e. The van der Waals surface area contributed by atoms with Crippen molar-refractivity contribution in [2.75, 3.05) is 19.7 Å². The maximum atomic E-state index is 12.0. The number of aliphatic hydroxyl groups is 1. The standard InChI is InChI=1S/C18H34N4O2/c1-13(2)8-17(6-7-23)11-20-18(24)19-10-14(3)12-22-16(5)9-15(4)21-22/h9,13-14,17,23H,6-8,10-12H2,1-5H3,(H2,19,20,24)/t14-,17+/m1/s1. The summed E-state index contributed by atoms with van der Waals surface area (Å²) in [6.45, 7) is 12.6. The number of nitrogens with zero attached hydrogens (tertiary/aromatic N) is 2. The number of aryl methyl sites for hydroxylation is 2. The summed E-state index contributed by atoms with van der Waals surface area (Å²) in [5, 5.41) is 19.4. The highest BCUT2D eigenvalue weighted by molar-refractivity contribution is 5.73. The van der Waals surface area contributed by atoms with Crippen LogP contribution in [0.3, 0.4) is 0 Å². The summed E-state index contributed by atoms with van der Waals surface area (Å²) in [7, 11) is 0. The fourth-order valence-electron chi connectivity index (χ4n) is 2.94. The summed E-state index contributed by atoms with van der Waals surface area (Å²) in [6, 6.07) is 1.92. The van der Waals surface area contributed by atoms with Gasteiger partial charge in [-0.2, -0.15) is 5.10 Å². The van der Waals surface area contributed by atoms with E-state index in [2.05, 4.69) is 42.6 Å². The van der Waals surface area contributed by atoms with Crippen molar-refractivity contribution in [2.24, 2.45) is 17.8 Å². The van der Waals surface area contributed by atoms with E-state index in [1.165, 1.54) is 0 Å². The van der Waals surface area contributed by atoms with Gasteiger partial charge in [0.2, 0.25) is 0 Å². The molecular weight excluding hydrogens is 304 g/mol. The Bertz CT molecular complexity index is 499. The molecule has 0 fully saturated rings. The van der Waals surface area contributed by atoms with Crippen LogP contribution in [-0.2, 0) is 6.54 Å². The highest BCUT2D eigenvalue weighted by Crippen LogP contribution is 2.14. The summed E-state index contributed by atoms with van der Waals surface area (Å²) < 4.78 is 1.99. The van der Waals surface area contributed by atoms with Gasteiger partial charge in [0, 0.05) is 31.9 Å². The molecule has 24 heavy (non-hydrogen) atoms. The van der Waals surface area contributed by atoms with Gasteiger partial charge in [0.25, 0.3) is 0 Å².